The molecule has 6 nitrogen and oxygen atoms in total. The number of carbonyl (C=O) groups is 2. The molecular weight excluding hydrogens is 354 g/mol. The number of benzene rings is 1. The zero-order chi connectivity index (χ0) is 20.1. The first-order valence-corrected chi connectivity index (χ1v) is 10.5. The molecule has 1 aromatic rings. The van der Waals surface area contributed by atoms with Crippen molar-refractivity contribution in [3.05, 3.63) is 35.9 Å². The molecule has 0 spiro atoms. The van der Waals surface area contributed by atoms with Gasteiger partial charge < -0.3 is 15.7 Å². The fourth-order valence-electron chi connectivity index (χ4n) is 4.80. The van der Waals surface area contributed by atoms with Crippen LogP contribution in [-0.4, -0.2) is 47.2 Å². The van der Waals surface area contributed by atoms with Gasteiger partial charge in [0.05, 0.1) is 5.92 Å². The summed E-state index contributed by atoms with van der Waals surface area (Å²) in [6.07, 6.45) is 2.77. The Kier molecular flexibility index (Phi) is 6.94. The zero-order valence-corrected chi connectivity index (χ0v) is 16.9. The summed E-state index contributed by atoms with van der Waals surface area (Å²) in [5.41, 5.74) is 1.32. The first-order chi connectivity index (χ1) is 13.4. The van der Waals surface area contributed by atoms with Gasteiger partial charge in [-0.05, 0) is 43.1 Å². The Morgan fingerprint density at radius 3 is 2.18 bits per heavy atom. The fraction of sp³-hybridized carbons (Fsp3) is 0.636. The molecule has 1 heterocycles. The van der Waals surface area contributed by atoms with Crippen molar-refractivity contribution in [1.29, 1.82) is 0 Å². The summed E-state index contributed by atoms with van der Waals surface area (Å²) in [6, 6.07) is 10.6. The monoisotopic (exact) mass is 387 g/mol. The third-order valence-corrected chi connectivity index (χ3v) is 6.28. The Labute approximate surface area is 167 Å². The summed E-state index contributed by atoms with van der Waals surface area (Å²) in [6.45, 7) is 7.29. The number of carboxylic acids is 1. The summed E-state index contributed by atoms with van der Waals surface area (Å²) in [4.78, 5) is 26.0. The number of aliphatic carboxylic acids is 1. The minimum atomic E-state index is -0.715. The van der Waals surface area contributed by atoms with Gasteiger partial charge in [-0.2, -0.15) is 0 Å². The molecule has 0 aromatic heterocycles. The number of nitrogens with zero attached hydrogens (tertiary/aromatic N) is 1. The molecule has 1 aliphatic carbocycles. The predicted octanol–water partition coefficient (Wildman–Crippen LogP) is 3.09. The van der Waals surface area contributed by atoms with Gasteiger partial charge >= 0.3 is 12.0 Å². The predicted molar refractivity (Wildman–Crippen MR) is 109 cm³/mol. The molecule has 28 heavy (non-hydrogen) atoms. The lowest BCUT2D eigenvalue weighted by atomic mass is 9.85. The summed E-state index contributed by atoms with van der Waals surface area (Å²) in [5.74, 6) is -0.218. The van der Waals surface area contributed by atoms with Crippen LogP contribution < -0.4 is 10.6 Å². The Bertz CT molecular complexity index is 646. The highest BCUT2D eigenvalue weighted by molar-refractivity contribution is 5.75. The normalized spacial score (nSPS) is 31.1. The highest BCUT2D eigenvalue weighted by Gasteiger charge is 2.33. The number of carboxylic acid groups (broad SMARTS) is 1. The summed E-state index contributed by atoms with van der Waals surface area (Å²) >= 11 is 0. The van der Waals surface area contributed by atoms with Crippen LogP contribution >= 0.6 is 0 Å². The van der Waals surface area contributed by atoms with E-state index in [4.69, 9.17) is 5.11 Å². The van der Waals surface area contributed by atoms with Gasteiger partial charge in [0.25, 0.3) is 0 Å². The topological polar surface area (TPSA) is 81.7 Å². The summed E-state index contributed by atoms with van der Waals surface area (Å²) in [5, 5.41) is 15.3. The molecule has 0 bridgehead atoms. The van der Waals surface area contributed by atoms with E-state index in [0.717, 1.165) is 32.5 Å². The maximum Gasteiger partial charge on any atom is 0.315 e. The van der Waals surface area contributed by atoms with Crippen LogP contribution in [0.3, 0.4) is 0 Å². The number of carbonyl (C=O) groups excluding carboxylic acids is 1. The van der Waals surface area contributed by atoms with Crippen molar-refractivity contribution >= 4 is 12.0 Å². The van der Waals surface area contributed by atoms with Gasteiger partial charge in [0.2, 0.25) is 0 Å². The van der Waals surface area contributed by atoms with Crippen molar-refractivity contribution in [3.8, 4) is 0 Å². The van der Waals surface area contributed by atoms with Crippen molar-refractivity contribution in [3.63, 3.8) is 0 Å². The van der Waals surface area contributed by atoms with Gasteiger partial charge in [-0.25, -0.2) is 4.79 Å². The molecule has 0 radical (unpaired) electrons. The largest absolute Gasteiger partial charge is 0.481 e. The van der Waals surface area contributed by atoms with Crippen molar-refractivity contribution in [2.75, 3.05) is 13.1 Å². The van der Waals surface area contributed by atoms with Crippen LogP contribution in [0.1, 0.15) is 45.1 Å². The van der Waals surface area contributed by atoms with E-state index in [1.165, 1.54) is 5.56 Å². The molecule has 1 aliphatic heterocycles. The second-order valence-electron chi connectivity index (χ2n) is 8.66. The molecule has 2 unspecified atom stereocenters. The molecule has 2 fully saturated rings. The quantitative estimate of drug-likeness (QED) is 0.725. The SMILES string of the molecule is CC1CN(Cc2ccccc2)CC(C)C1NC(=O)NC1CCC(C(=O)O)CC1. The number of hydrogen-bond donors (Lipinski definition) is 3. The summed E-state index contributed by atoms with van der Waals surface area (Å²) < 4.78 is 0. The van der Waals surface area contributed by atoms with E-state index in [0.29, 0.717) is 24.7 Å². The van der Waals surface area contributed by atoms with Gasteiger partial charge in [-0.1, -0.05) is 44.2 Å². The third-order valence-electron chi connectivity index (χ3n) is 6.28. The van der Waals surface area contributed by atoms with Crippen molar-refractivity contribution < 1.29 is 14.7 Å². The van der Waals surface area contributed by atoms with E-state index >= 15 is 0 Å². The maximum atomic E-state index is 12.5. The van der Waals surface area contributed by atoms with Crippen molar-refractivity contribution in [1.82, 2.24) is 15.5 Å². The first-order valence-electron chi connectivity index (χ1n) is 10.5. The van der Waals surface area contributed by atoms with Crippen molar-refractivity contribution in [2.24, 2.45) is 17.8 Å². The number of urea groups is 1. The zero-order valence-electron chi connectivity index (χ0n) is 16.9. The minimum Gasteiger partial charge on any atom is -0.481 e. The molecule has 1 saturated heterocycles. The van der Waals surface area contributed by atoms with Crippen LogP contribution in [0.5, 0.6) is 0 Å². The van der Waals surface area contributed by atoms with Gasteiger partial charge in [0, 0.05) is 31.7 Å². The Morgan fingerprint density at radius 1 is 1.00 bits per heavy atom. The second kappa shape index (κ2) is 9.41. The van der Waals surface area contributed by atoms with Gasteiger partial charge in [0.15, 0.2) is 0 Å². The standard InChI is InChI=1S/C22H33N3O3/c1-15-12-25(14-17-6-4-3-5-7-17)13-16(2)20(15)24-22(28)23-19-10-8-18(9-11-19)21(26)27/h3-7,15-16,18-20H,8-14H2,1-2H3,(H,26,27)(H2,23,24,28). The molecule has 1 saturated carbocycles. The molecule has 6 heteroatoms. The van der Waals surface area contributed by atoms with E-state index in [1.807, 2.05) is 6.07 Å². The average molecular weight is 388 g/mol. The minimum absolute atomic E-state index is 0.0828. The average Bonchev–Trinajstić information content (AvgIpc) is 2.66. The Morgan fingerprint density at radius 2 is 1.61 bits per heavy atom. The molecule has 3 rings (SSSR count). The van der Waals surface area contributed by atoms with E-state index in [9.17, 15) is 9.59 Å². The number of amides is 2. The van der Waals surface area contributed by atoms with Crippen LogP contribution in [0, 0.1) is 17.8 Å². The third kappa shape index (κ3) is 5.47. The molecule has 154 valence electrons. The summed E-state index contributed by atoms with van der Waals surface area (Å²) in [7, 11) is 0. The van der Waals surface area contributed by atoms with Crippen LogP contribution in [-0.2, 0) is 11.3 Å². The second-order valence-corrected chi connectivity index (χ2v) is 8.66. The molecular formula is C22H33N3O3. The van der Waals surface area contributed by atoms with Crippen LogP contribution in [0.25, 0.3) is 0 Å². The highest BCUT2D eigenvalue weighted by atomic mass is 16.4. The first kappa shape index (κ1) is 20.6. The lowest BCUT2D eigenvalue weighted by molar-refractivity contribution is -0.142. The molecule has 2 atom stereocenters. The van der Waals surface area contributed by atoms with Crippen LogP contribution in [0.4, 0.5) is 4.79 Å². The lowest BCUT2D eigenvalue weighted by Gasteiger charge is -2.42. The molecule has 2 aliphatic rings. The lowest BCUT2D eigenvalue weighted by Crippen LogP contribution is -2.57. The maximum absolute atomic E-state index is 12.5. The van der Waals surface area contributed by atoms with Gasteiger partial charge in [-0.3, -0.25) is 9.69 Å². The molecule has 3 N–H and O–H groups in total. The van der Waals surface area contributed by atoms with Crippen LogP contribution in [0.2, 0.25) is 0 Å². The van der Waals surface area contributed by atoms with E-state index < -0.39 is 5.97 Å². The fourth-order valence-corrected chi connectivity index (χ4v) is 4.80. The van der Waals surface area contributed by atoms with E-state index in [-0.39, 0.29) is 24.0 Å². The number of likely N-dealkylation sites (tertiary alicyclic amines) is 1. The van der Waals surface area contributed by atoms with E-state index in [2.05, 4.69) is 53.6 Å². The molecule has 2 amide bonds. The highest BCUT2D eigenvalue weighted by Crippen LogP contribution is 2.25. The number of rotatable bonds is 5. The van der Waals surface area contributed by atoms with Crippen molar-refractivity contribution in [2.45, 2.75) is 58.2 Å². The van der Waals surface area contributed by atoms with E-state index in [1.54, 1.807) is 0 Å². The number of nitrogens with one attached hydrogen (secondary N) is 2. The molecule has 1 aromatic carbocycles. The van der Waals surface area contributed by atoms with Gasteiger partial charge in [0.1, 0.15) is 0 Å². The Hall–Kier alpha value is -2.08. The number of hydrogen-bond acceptors (Lipinski definition) is 3. The van der Waals surface area contributed by atoms with Crippen LogP contribution in [0.15, 0.2) is 30.3 Å². The van der Waals surface area contributed by atoms with Gasteiger partial charge in [-0.15, -0.1) is 0 Å². The number of piperidine rings is 1. The Balaban J connectivity index is 1.45. The smallest absolute Gasteiger partial charge is 0.315 e.